The molecule has 0 spiro atoms. The molecular formula is C25H38F4O2. The normalized spacial score (nSPS) is 35.6. The highest BCUT2D eigenvalue weighted by Crippen LogP contribution is 2.43. The van der Waals surface area contributed by atoms with E-state index in [0.717, 1.165) is 43.4 Å². The summed E-state index contributed by atoms with van der Waals surface area (Å²) >= 11 is 0. The van der Waals surface area contributed by atoms with Crippen LogP contribution in [-0.2, 0) is 9.53 Å². The molecule has 6 heteroatoms. The van der Waals surface area contributed by atoms with E-state index in [4.69, 9.17) is 4.74 Å². The lowest BCUT2D eigenvalue weighted by atomic mass is 9.69. The van der Waals surface area contributed by atoms with Crippen molar-refractivity contribution < 1.29 is 27.1 Å². The number of esters is 1. The molecule has 0 aliphatic heterocycles. The van der Waals surface area contributed by atoms with Gasteiger partial charge in [0.05, 0.1) is 12.0 Å². The van der Waals surface area contributed by atoms with E-state index in [9.17, 15) is 22.4 Å². The van der Waals surface area contributed by atoms with Crippen molar-refractivity contribution in [2.24, 2.45) is 29.6 Å². The highest BCUT2D eigenvalue weighted by Gasteiger charge is 2.35. The van der Waals surface area contributed by atoms with Crippen LogP contribution in [0.5, 0.6) is 0 Å². The van der Waals surface area contributed by atoms with Crippen molar-refractivity contribution in [3.8, 4) is 0 Å². The van der Waals surface area contributed by atoms with Crippen molar-refractivity contribution in [2.75, 3.05) is 0 Å². The van der Waals surface area contributed by atoms with Crippen LogP contribution in [0.2, 0.25) is 0 Å². The molecule has 0 heterocycles. The molecule has 3 saturated carbocycles. The number of ether oxygens (including phenoxy) is 1. The smallest absolute Gasteiger partial charge is 0.412 e. The third-order valence-corrected chi connectivity index (χ3v) is 8.01. The van der Waals surface area contributed by atoms with Gasteiger partial charge in [-0.15, -0.1) is 0 Å². The lowest BCUT2D eigenvalue weighted by molar-refractivity contribution is -0.157. The fourth-order valence-corrected chi connectivity index (χ4v) is 6.17. The Bertz CT molecular complexity index is 591. The summed E-state index contributed by atoms with van der Waals surface area (Å²) in [5.41, 5.74) is 0. The van der Waals surface area contributed by atoms with Gasteiger partial charge < -0.3 is 4.74 Å². The number of alkyl halides is 3. The van der Waals surface area contributed by atoms with Crippen LogP contribution in [0, 0.1) is 29.6 Å². The number of halogens is 4. The van der Waals surface area contributed by atoms with Crippen molar-refractivity contribution in [3.63, 3.8) is 0 Å². The molecule has 0 amide bonds. The summed E-state index contributed by atoms with van der Waals surface area (Å²) in [4.78, 5) is 12.6. The molecule has 0 aromatic rings. The average molecular weight is 447 g/mol. The van der Waals surface area contributed by atoms with Crippen molar-refractivity contribution in [1.29, 1.82) is 0 Å². The summed E-state index contributed by atoms with van der Waals surface area (Å²) in [5, 5.41) is 0. The molecule has 0 radical (unpaired) electrons. The lowest BCUT2D eigenvalue weighted by Crippen LogP contribution is -2.32. The van der Waals surface area contributed by atoms with Gasteiger partial charge in [-0.3, -0.25) is 4.79 Å². The first-order chi connectivity index (χ1) is 14.7. The first-order valence-corrected chi connectivity index (χ1v) is 12.4. The number of allylic oxidation sites excluding steroid dienone is 2. The topological polar surface area (TPSA) is 26.3 Å². The maximum atomic E-state index is 13.7. The summed E-state index contributed by atoms with van der Waals surface area (Å²) in [6.45, 7) is 2.27. The molecule has 3 aliphatic carbocycles. The van der Waals surface area contributed by atoms with E-state index in [-0.39, 0.29) is 24.1 Å². The Hall–Kier alpha value is -1.07. The van der Waals surface area contributed by atoms with Crippen LogP contribution in [0.1, 0.15) is 96.8 Å². The molecule has 31 heavy (non-hydrogen) atoms. The van der Waals surface area contributed by atoms with E-state index in [1.165, 1.54) is 38.5 Å². The molecule has 0 unspecified atom stereocenters. The van der Waals surface area contributed by atoms with E-state index >= 15 is 0 Å². The van der Waals surface area contributed by atoms with E-state index in [0.29, 0.717) is 25.7 Å². The Balaban J connectivity index is 1.36. The minimum Gasteiger partial charge on any atom is -0.462 e. The Morgan fingerprint density at radius 2 is 1.35 bits per heavy atom. The van der Waals surface area contributed by atoms with Gasteiger partial charge in [-0.05, 0) is 82.0 Å². The Morgan fingerprint density at radius 3 is 1.87 bits per heavy atom. The van der Waals surface area contributed by atoms with Crippen LogP contribution in [-0.4, -0.2) is 18.2 Å². The fourth-order valence-electron chi connectivity index (χ4n) is 6.17. The van der Waals surface area contributed by atoms with Gasteiger partial charge in [0.25, 0.3) is 0 Å². The van der Waals surface area contributed by atoms with Gasteiger partial charge in [0.1, 0.15) is 11.9 Å². The van der Waals surface area contributed by atoms with Crippen molar-refractivity contribution in [2.45, 2.75) is 109 Å². The van der Waals surface area contributed by atoms with Gasteiger partial charge in [0, 0.05) is 5.92 Å². The second-order valence-electron chi connectivity index (χ2n) is 10.2. The number of hydrogen-bond donors (Lipinski definition) is 0. The highest BCUT2D eigenvalue weighted by atomic mass is 19.4. The molecule has 0 aromatic carbocycles. The quantitative estimate of drug-likeness (QED) is 0.306. The maximum absolute atomic E-state index is 13.7. The van der Waals surface area contributed by atoms with Crippen LogP contribution in [0.4, 0.5) is 17.6 Å². The Labute approximate surface area is 184 Å². The summed E-state index contributed by atoms with van der Waals surface area (Å²) in [7, 11) is 0. The number of carbonyl (C=O) groups is 1. The minimum absolute atomic E-state index is 0.0488. The zero-order valence-electron chi connectivity index (χ0n) is 18.8. The van der Waals surface area contributed by atoms with Gasteiger partial charge in [0.2, 0.25) is 0 Å². The third-order valence-electron chi connectivity index (χ3n) is 8.01. The van der Waals surface area contributed by atoms with Gasteiger partial charge in [-0.2, -0.15) is 13.2 Å². The molecular weight excluding hydrogens is 408 g/mol. The second kappa shape index (κ2) is 11.2. The number of rotatable bonds is 6. The van der Waals surface area contributed by atoms with E-state index in [2.05, 4.69) is 6.92 Å². The highest BCUT2D eigenvalue weighted by molar-refractivity contribution is 5.72. The molecule has 2 nitrogen and oxygen atoms in total. The zero-order valence-corrected chi connectivity index (χ0v) is 18.8. The predicted molar refractivity (Wildman–Crippen MR) is 113 cm³/mol. The van der Waals surface area contributed by atoms with E-state index < -0.39 is 17.9 Å². The van der Waals surface area contributed by atoms with Crippen LogP contribution in [0.25, 0.3) is 0 Å². The lowest BCUT2D eigenvalue weighted by Gasteiger charge is -2.37. The third kappa shape index (κ3) is 7.49. The molecule has 0 N–H and O–H groups in total. The molecule has 0 bridgehead atoms. The first-order valence-electron chi connectivity index (χ1n) is 12.4. The molecule has 0 saturated heterocycles. The van der Waals surface area contributed by atoms with E-state index in [1.807, 2.05) is 0 Å². The summed E-state index contributed by atoms with van der Waals surface area (Å²) < 4.78 is 56.4. The summed E-state index contributed by atoms with van der Waals surface area (Å²) in [6, 6.07) is 0. The van der Waals surface area contributed by atoms with Crippen LogP contribution in [0.3, 0.4) is 0 Å². The summed E-state index contributed by atoms with van der Waals surface area (Å²) in [5.74, 6) is 0.469. The Morgan fingerprint density at radius 1 is 0.839 bits per heavy atom. The molecule has 3 fully saturated rings. The van der Waals surface area contributed by atoms with Crippen LogP contribution in [0.15, 0.2) is 11.9 Å². The molecule has 3 rings (SSSR count). The van der Waals surface area contributed by atoms with E-state index in [1.54, 1.807) is 0 Å². The summed E-state index contributed by atoms with van der Waals surface area (Å²) in [6.07, 6.45) is 8.34. The molecule has 178 valence electrons. The van der Waals surface area contributed by atoms with Gasteiger partial charge in [-0.25, -0.2) is 4.39 Å². The van der Waals surface area contributed by atoms with Crippen molar-refractivity contribution >= 4 is 5.97 Å². The molecule has 0 aromatic heterocycles. The predicted octanol–water partition coefficient (Wildman–Crippen LogP) is 7.92. The first kappa shape index (κ1) is 24.6. The monoisotopic (exact) mass is 446 g/mol. The molecule has 3 aliphatic rings. The number of hydrogen-bond acceptors (Lipinski definition) is 2. The van der Waals surface area contributed by atoms with Crippen molar-refractivity contribution in [1.82, 2.24) is 0 Å². The van der Waals surface area contributed by atoms with Crippen LogP contribution < -0.4 is 0 Å². The SMILES string of the molecule is CCCC1CCC(C2CCC(C(=O)OC3CCC(C(F)=CC(F)(F)F)CC3)CC2)CC1. The van der Waals surface area contributed by atoms with Crippen molar-refractivity contribution in [3.05, 3.63) is 11.9 Å². The standard InChI is InChI=1S/C25H38F4O2/c1-2-3-17-4-6-18(7-5-17)19-8-10-21(11-9-19)24(30)31-22-14-12-20(13-15-22)23(26)16-25(27,28)29/h16-22H,2-15H2,1H3. The van der Waals surface area contributed by atoms with Gasteiger partial charge >= 0.3 is 12.1 Å². The van der Waals surface area contributed by atoms with Crippen LogP contribution >= 0.6 is 0 Å². The zero-order chi connectivity index (χ0) is 22.4. The largest absolute Gasteiger partial charge is 0.462 e. The maximum Gasteiger partial charge on any atom is 0.412 e. The minimum atomic E-state index is -4.62. The number of carbonyl (C=O) groups excluding carboxylic acids is 1. The van der Waals surface area contributed by atoms with Gasteiger partial charge in [-0.1, -0.05) is 32.6 Å². The average Bonchev–Trinajstić information content (AvgIpc) is 2.74. The van der Waals surface area contributed by atoms with Gasteiger partial charge in [0.15, 0.2) is 0 Å². The Kier molecular flexibility index (Phi) is 8.86. The fraction of sp³-hybridized carbons (Fsp3) is 0.880. The molecule has 0 atom stereocenters. The second-order valence-corrected chi connectivity index (χ2v) is 10.2.